The van der Waals surface area contributed by atoms with Crippen molar-refractivity contribution >= 4 is 37.6 Å². The standard InChI is InChI=1S/C19H17F2N5S.C5H11N/c1-8(2)14-11-7-23-26(9-3-4-9)17(11)13(21)15(24-14)10-5-6-12(20)18-16(10)25-19(22)27-18;1-5-2-3-6-4-5/h5-9H,3-4H2,1-2H3,(H2,22,25);5-6H,2-4H2,1H3. The van der Waals surface area contributed by atoms with E-state index >= 15 is 4.39 Å². The summed E-state index contributed by atoms with van der Waals surface area (Å²) >= 11 is 1.05. The molecule has 33 heavy (non-hydrogen) atoms. The summed E-state index contributed by atoms with van der Waals surface area (Å²) in [6, 6.07) is 3.07. The topological polar surface area (TPSA) is 81.7 Å². The Balaban J connectivity index is 0.000000332. The molecule has 0 bridgehead atoms. The lowest BCUT2D eigenvalue weighted by Crippen LogP contribution is -2.06. The number of hydrogen-bond donors (Lipinski definition) is 2. The molecule has 4 aromatic rings. The van der Waals surface area contributed by atoms with Crippen molar-refractivity contribution in [3.8, 4) is 11.3 Å². The highest BCUT2D eigenvalue weighted by atomic mass is 32.1. The molecule has 3 N–H and O–H groups in total. The number of rotatable bonds is 3. The Labute approximate surface area is 195 Å². The van der Waals surface area contributed by atoms with Crippen LogP contribution in [0, 0.1) is 17.6 Å². The summed E-state index contributed by atoms with van der Waals surface area (Å²) in [5, 5.41) is 8.66. The highest BCUT2D eigenvalue weighted by Gasteiger charge is 2.30. The zero-order valence-electron chi connectivity index (χ0n) is 19.0. The van der Waals surface area contributed by atoms with Crippen LogP contribution in [0.4, 0.5) is 13.9 Å². The first-order chi connectivity index (χ1) is 15.8. The largest absolute Gasteiger partial charge is 0.375 e. The molecule has 0 spiro atoms. The highest BCUT2D eigenvalue weighted by molar-refractivity contribution is 7.22. The number of nitrogens with two attached hydrogens (primary N) is 1. The summed E-state index contributed by atoms with van der Waals surface area (Å²) in [5.74, 6) is 0.153. The zero-order chi connectivity index (χ0) is 23.3. The number of aromatic nitrogens is 4. The van der Waals surface area contributed by atoms with Crippen LogP contribution in [0.1, 0.15) is 57.7 Å². The summed E-state index contributed by atoms with van der Waals surface area (Å²) in [6.45, 7) is 8.78. The molecule has 3 aromatic heterocycles. The molecule has 1 aromatic carbocycles. The maximum atomic E-state index is 15.6. The van der Waals surface area contributed by atoms with Crippen molar-refractivity contribution in [2.75, 3.05) is 18.8 Å². The Hall–Kier alpha value is -2.65. The molecule has 1 unspecified atom stereocenters. The van der Waals surface area contributed by atoms with E-state index in [1.165, 1.54) is 31.6 Å². The van der Waals surface area contributed by atoms with E-state index in [0.29, 0.717) is 21.3 Å². The van der Waals surface area contributed by atoms with E-state index < -0.39 is 11.6 Å². The van der Waals surface area contributed by atoms with Crippen molar-refractivity contribution in [3.05, 3.63) is 35.7 Å². The summed E-state index contributed by atoms with van der Waals surface area (Å²) in [7, 11) is 0. The Morgan fingerprint density at radius 2 is 1.97 bits per heavy atom. The summed E-state index contributed by atoms with van der Waals surface area (Å²) in [5.41, 5.74) is 7.98. The van der Waals surface area contributed by atoms with E-state index in [4.69, 9.17) is 5.73 Å². The first-order valence-corrected chi connectivity index (χ1v) is 12.3. The minimum atomic E-state index is -0.446. The van der Waals surface area contributed by atoms with Gasteiger partial charge in [0.25, 0.3) is 0 Å². The number of hydrogen-bond acceptors (Lipinski definition) is 6. The van der Waals surface area contributed by atoms with E-state index in [9.17, 15) is 4.39 Å². The van der Waals surface area contributed by atoms with Gasteiger partial charge in [0.1, 0.15) is 17.0 Å². The molecule has 1 atom stereocenters. The lowest BCUT2D eigenvalue weighted by molar-refractivity contribution is 0.601. The van der Waals surface area contributed by atoms with Crippen molar-refractivity contribution in [3.63, 3.8) is 0 Å². The number of nitrogen functional groups attached to an aromatic ring is 1. The van der Waals surface area contributed by atoms with Crippen molar-refractivity contribution in [2.45, 2.75) is 52.0 Å². The van der Waals surface area contributed by atoms with Crippen LogP contribution < -0.4 is 11.1 Å². The van der Waals surface area contributed by atoms with Crippen molar-refractivity contribution < 1.29 is 8.78 Å². The third-order valence-corrected chi connectivity index (χ3v) is 7.13. The van der Waals surface area contributed by atoms with Gasteiger partial charge in [-0.15, -0.1) is 0 Å². The third-order valence-electron chi connectivity index (χ3n) is 6.23. The molecule has 0 radical (unpaired) electrons. The fourth-order valence-electron chi connectivity index (χ4n) is 4.31. The van der Waals surface area contributed by atoms with Gasteiger partial charge in [0.2, 0.25) is 0 Å². The molecular weight excluding hydrogens is 442 g/mol. The second-order valence-corrected chi connectivity index (χ2v) is 10.4. The predicted octanol–water partition coefficient (Wildman–Crippen LogP) is 5.64. The summed E-state index contributed by atoms with van der Waals surface area (Å²) in [4.78, 5) is 8.86. The third kappa shape index (κ3) is 4.08. The molecule has 174 valence electrons. The molecule has 1 aliphatic heterocycles. The molecule has 6 nitrogen and oxygen atoms in total. The molecule has 6 rings (SSSR count). The van der Waals surface area contributed by atoms with E-state index in [1.54, 1.807) is 10.9 Å². The average molecular weight is 471 g/mol. The zero-order valence-corrected chi connectivity index (χ0v) is 19.8. The minimum absolute atomic E-state index is 0.0835. The van der Waals surface area contributed by atoms with Crippen LogP contribution in [-0.4, -0.2) is 32.8 Å². The van der Waals surface area contributed by atoms with Gasteiger partial charge in [-0.2, -0.15) is 5.10 Å². The SMILES string of the molecule is CC(C)c1nc(-c2ccc(F)c3sc(N)nc23)c(F)c2c1cnn2C1CC1.CC1CCNC1. The normalized spacial score (nSPS) is 18.3. The molecule has 1 saturated carbocycles. The van der Waals surface area contributed by atoms with Gasteiger partial charge in [-0.05, 0) is 56.3 Å². The molecule has 4 heterocycles. The average Bonchev–Trinajstić information content (AvgIpc) is 3.15. The van der Waals surface area contributed by atoms with Gasteiger partial charge in [-0.3, -0.25) is 4.68 Å². The second kappa shape index (κ2) is 8.61. The van der Waals surface area contributed by atoms with Gasteiger partial charge in [-0.25, -0.2) is 18.7 Å². The second-order valence-electron chi connectivity index (χ2n) is 9.32. The molecule has 2 aliphatic rings. The van der Waals surface area contributed by atoms with Crippen molar-refractivity contribution in [1.82, 2.24) is 25.1 Å². The number of benzene rings is 1. The van der Waals surface area contributed by atoms with Crippen LogP contribution in [0.2, 0.25) is 0 Å². The van der Waals surface area contributed by atoms with Crippen molar-refractivity contribution in [1.29, 1.82) is 0 Å². The number of pyridine rings is 1. The van der Waals surface area contributed by atoms with E-state index in [2.05, 4.69) is 27.3 Å². The van der Waals surface area contributed by atoms with Gasteiger partial charge in [-0.1, -0.05) is 32.1 Å². The maximum Gasteiger partial charge on any atom is 0.181 e. The van der Waals surface area contributed by atoms with Gasteiger partial charge in [0, 0.05) is 10.9 Å². The van der Waals surface area contributed by atoms with Crippen LogP contribution in [0.3, 0.4) is 0 Å². The van der Waals surface area contributed by atoms with Crippen LogP contribution in [-0.2, 0) is 0 Å². The minimum Gasteiger partial charge on any atom is -0.375 e. The van der Waals surface area contributed by atoms with Crippen LogP contribution in [0.15, 0.2) is 18.3 Å². The number of thiazole rings is 1. The van der Waals surface area contributed by atoms with Crippen molar-refractivity contribution in [2.24, 2.45) is 5.92 Å². The molecular formula is C24H28F2N6S. The maximum absolute atomic E-state index is 15.6. The van der Waals surface area contributed by atoms with E-state index in [-0.39, 0.29) is 22.8 Å². The first-order valence-electron chi connectivity index (χ1n) is 11.5. The van der Waals surface area contributed by atoms with Crippen LogP contribution >= 0.6 is 11.3 Å². The molecule has 2 fully saturated rings. The Bertz CT molecular complexity index is 1320. The Morgan fingerprint density at radius 1 is 1.18 bits per heavy atom. The number of nitrogens with one attached hydrogen (secondary N) is 1. The Kier molecular flexibility index (Phi) is 5.78. The summed E-state index contributed by atoms with van der Waals surface area (Å²) in [6.07, 6.45) is 5.06. The molecule has 1 saturated heterocycles. The predicted molar refractivity (Wildman–Crippen MR) is 129 cm³/mol. The molecule has 9 heteroatoms. The van der Waals surface area contributed by atoms with Gasteiger partial charge in [0.05, 0.1) is 28.1 Å². The first kappa shape index (κ1) is 22.2. The fraction of sp³-hybridized carbons (Fsp3) is 0.458. The van der Waals surface area contributed by atoms with Crippen LogP contribution in [0.5, 0.6) is 0 Å². The highest BCUT2D eigenvalue weighted by Crippen LogP contribution is 2.41. The van der Waals surface area contributed by atoms with Gasteiger partial charge >= 0.3 is 0 Å². The van der Waals surface area contributed by atoms with E-state index in [0.717, 1.165) is 41.2 Å². The number of nitrogens with zero attached hydrogens (tertiary/aromatic N) is 4. The van der Waals surface area contributed by atoms with Gasteiger partial charge in [0.15, 0.2) is 10.9 Å². The Morgan fingerprint density at radius 3 is 2.58 bits per heavy atom. The number of anilines is 1. The quantitative estimate of drug-likeness (QED) is 0.405. The van der Waals surface area contributed by atoms with Crippen LogP contribution in [0.25, 0.3) is 32.4 Å². The van der Waals surface area contributed by atoms with E-state index in [1.807, 2.05) is 13.8 Å². The van der Waals surface area contributed by atoms with Gasteiger partial charge < -0.3 is 11.1 Å². The lowest BCUT2D eigenvalue weighted by Gasteiger charge is -2.13. The smallest absolute Gasteiger partial charge is 0.181 e. The monoisotopic (exact) mass is 470 g/mol. The summed E-state index contributed by atoms with van der Waals surface area (Å²) < 4.78 is 31.9. The molecule has 1 aliphatic carbocycles. The number of fused-ring (bicyclic) bond motifs is 2. The number of halogens is 2. The fourth-order valence-corrected chi connectivity index (χ4v) is 5.07. The lowest BCUT2D eigenvalue weighted by atomic mass is 10.0. The molecule has 0 amide bonds.